The number of rotatable bonds is 7. The van der Waals surface area contributed by atoms with Crippen LogP contribution in [-0.2, 0) is 25.2 Å². The van der Waals surface area contributed by atoms with Crippen LogP contribution in [0.4, 0.5) is 13.2 Å². The number of ether oxygens (including phenoxy) is 2. The maximum absolute atomic E-state index is 12.5. The standard InChI is InChI=1S/C17H20F3NO5/c1-4-10(2)14(16(24)25-3)21-13(22)9-26-15(23)11-5-7-12(8-6-11)17(18,19)20/h5-8,10,14H,4,9H2,1-3H3,(H,21,22). The van der Waals surface area contributed by atoms with Crippen LogP contribution in [0.1, 0.15) is 36.2 Å². The maximum Gasteiger partial charge on any atom is 0.416 e. The monoisotopic (exact) mass is 375 g/mol. The first-order valence-electron chi connectivity index (χ1n) is 7.81. The number of alkyl halides is 3. The van der Waals surface area contributed by atoms with E-state index in [4.69, 9.17) is 4.74 Å². The largest absolute Gasteiger partial charge is 0.467 e. The van der Waals surface area contributed by atoms with E-state index in [1.807, 2.05) is 6.92 Å². The molecule has 1 aromatic carbocycles. The number of hydrogen-bond donors (Lipinski definition) is 1. The zero-order chi connectivity index (χ0) is 19.9. The van der Waals surface area contributed by atoms with Gasteiger partial charge in [-0.2, -0.15) is 13.2 Å². The summed E-state index contributed by atoms with van der Waals surface area (Å²) < 4.78 is 46.8. The molecule has 2 unspecified atom stereocenters. The second-order valence-electron chi connectivity index (χ2n) is 5.61. The van der Waals surface area contributed by atoms with Crippen molar-refractivity contribution in [3.05, 3.63) is 35.4 Å². The molecule has 0 bridgehead atoms. The molecule has 0 aliphatic rings. The molecular formula is C17H20F3NO5. The van der Waals surface area contributed by atoms with Gasteiger partial charge in [0.1, 0.15) is 6.04 Å². The van der Waals surface area contributed by atoms with Gasteiger partial charge in [0.25, 0.3) is 5.91 Å². The molecule has 1 amide bonds. The molecule has 0 aliphatic heterocycles. The van der Waals surface area contributed by atoms with Crippen molar-refractivity contribution in [1.29, 1.82) is 0 Å². The summed E-state index contributed by atoms with van der Waals surface area (Å²) in [5, 5.41) is 2.41. The summed E-state index contributed by atoms with van der Waals surface area (Å²) in [5.74, 6) is -2.49. The highest BCUT2D eigenvalue weighted by Crippen LogP contribution is 2.29. The Morgan fingerprint density at radius 1 is 1.15 bits per heavy atom. The lowest BCUT2D eigenvalue weighted by molar-refractivity contribution is -0.147. The van der Waals surface area contributed by atoms with Crippen molar-refractivity contribution in [3.63, 3.8) is 0 Å². The van der Waals surface area contributed by atoms with Gasteiger partial charge in [-0.15, -0.1) is 0 Å². The van der Waals surface area contributed by atoms with Gasteiger partial charge in [-0.25, -0.2) is 9.59 Å². The Balaban J connectivity index is 2.63. The minimum Gasteiger partial charge on any atom is -0.467 e. The molecule has 1 rings (SSSR count). The van der Waals surface area contributed by atoms with E-state index < -0.39 is 42.2 Å². The molecule has 0 fully saturated rings. The Kier molecular flexibility index (Phi) is 7.60. The Morgan fingerprint density at radius 3 is 2.19 bits per heavy atom. The second kappa shape index (κ2) is 9.21. The van der Waals surface area contributed by atoms with Crippen molar-refractivity contribution in [2.24, 2.45) is 5.92 Å². The topological polar surface area (TPSA) is 81.7 Å². The lowest BCUT2D eigenvalue weighted by atomic mass is 9.99. The molecule has 2 atom stereocenters. The highest BCUT2D eigenvalue weighted by molar-refractivity contribution is 5.92. The summed E-state index contributed by atoms with van der Waals surface area (Å²) in [6, 6.07) is 2.51. The third-order valence-electron chi connectivity index (χ3n) is 3.77. The number of halogens is 3. The molecule has 0 aliphatic carbocycles. The van der Waals surface area contributed by atoms with Crippen LogP contribution in [-0.4, -0.2) is 37.6 Å². The molecular weight excluding hydrogens is 355 g/mol. The SMILES string of the molecule is CCC(C)C(NC(=O)COC(=O)c1ccc(C(F)(F)F)cc1)C(=O)OC. The first-order chi connectivity index (χ1) is 12.1. The van der Waals surface area contributed by atoms with E-state index in [0.717, 1.165) is 24.3 Å². The van der Waals surface area contributed by atoms with Crippen molar-refractivity contribution in [1.82, 2.24) is 5.32 Å². The van der Waals surface area contributed by atoms with Crippen molar-refractivity contribution in [3.8, 4) is 0 Å². The van der Waals surface area contributed by atoms with Crippen LogP contribution in [0.3, 0.4) is 0 Å². The van der Waals surface area contributed by atoms with Crippen LogP contribution in [0, 0.1) is 5.92 Å². The molecule has 144 valence electrons. The van der Waals surface area contributed by atoms with Crippen molar-refractivity contribution in [2.75, 3.05) is 13.7 Å². The van der Waals surface area contributed by atoms with Crippen molar-refractivity contribution >= 4 is 17.8 Å². The lowest BCUT2D eigenvalue weighted by Crippen LogP contribution is -2.47. The fourth-order valence-corrected chi connectivity index (χ4v) is 2.02. The van der Waals surface area contributed by atoms with Crippen LogP contribution in [0.15, 0.2) is 24.3 Å². The first-order valence-corrected chi connectivity index (χ1v) is 7.81. The van der Waals surface area contributed by atoms with E-state index in [9.17, 15) is 27.6 Å². The van der Waals surface area contributed by atoms with E-state index in [0.29, 0.717) is 6.42 Å². The molecule has 0 saturated carbocycles. The van der Waals surface area contributed by atoms with Gasteiger partial charge in [0.2, 0.25) is 0 Å². The Labute approximate surface area is 148 Å². The normalized spacial score (nSPS) is 13.5. The molecule has 26 heavy (non-hydrogen) atoms. The van der Waals surface area contributed by atoms with Gasteiger partial charge in [-0.05, 0) is 30.2 Å². The highest BCUT2D eigenvalue weighted by Gasteiger charge is 2.30. The average molecular weight is 375 g/mol. The molecule has 9 heteroatoms. The number of nitrogens with one attached hydrogen (secondary N) is 1. The molecule has 0 saturated heterocycles. The third-order valence-corrected chi connectivity index (χ3v) is 3.77. The van der Waals surface area contributed by atoms with Crippen LogP contribution in [0.25, 0.3) is 0 Å². The maximum atomic E-state index is 12.5. The zero-order valence-electron chi connectivity index (χ0n) is 14.6. The van der Waals surface area contributed by atoms with Crippen LogP contribution in [0.2, 0.25) is 0 Å². The van der Waals surface area contributed by atoms with E-state index in [2.05, 4.69) is 10.1 Å². The summed E-state index contributed by atoms with van der Waals surface area (Å²) in [5.41, 5.74) is -1.03. The predicted octanol–water partition coefficient (Wildman–Crippen LogP) is 2.57. The summed E-state index contributed by atoms with van der Waals surface area (Å²) in [6.07, 6.45) is -3.91. The number of benzene rings is 1. The van der Waals surface area contributed by atoms with Crippen molar-refractivity contribution in [2.45, 2.75) is 32.5 Å². The van der Waals surface area contributed by atoms with Gasteiger partial charge in [0.05, 0.1) is 18.2 Å². The smallest absolute Gasteiger partial charge is 0.416 e. The Hall–Kier alpha value is -2.58. The molecule has 1 aromatic rings. The number of esters is 2. The fraction of sp³-hybridized carbons (Fsp3) is 0.471. The summed E-state index contributed by atoms with van der Waals surface area (Å²) in [6.45, 7) is 2.90. The summed E-state index contributed by atoms with van der Waals surface area (Å²) in [7, 11) is 1.19. The van der Waals surface area contributed by atoms with E-state index in [1.54, 1.807) is 6.92 Å². The molecule has 0 spiro atoms. The predicted molar refractivity (Wildman–Crippen MR) is 85.1 cm³/mol. The number of carbonyl (C=O) groups is 3. The van der Waals surface area contributed by atoms with Gasteiger partial charge in [0, 0.05) is 0 Å². The average Bonchev–Trinajstić information content (AvgIpc) is 2.62. The molecule has 1 N–H and O–H groups in total. The minimum absolute atomic E-state index is 0.128. The van der Waals surface area contributed by atoms with Crippen LogP contribution >= 0.6 is 0 Å². The van der Waals surface area contributed by atoms with Crippen LogP contribution in [0.5, 0.6) is 0 Å². The summed E-state index contributed by atoms with van der Waals surface area (Å²) in [4.78, 5) is 35.4. The van der Waals surface area contributed by atoms with Crippen LogP contribution < -0.4 is 5.32 Å². The highest BCUT2D eigenvalue weighted by atomic mass is 19.4. The molecule has 6 nitrogen and oxygen atoms in total. The number of methoxy groups -OCH3 is 1. The molecule has 0 heterocycles. The third kappa shape index (κ3) is 6.05. The first kappa shape index (κ1) is 21.5. The lowest BCUT2D eigenvalue weighted by Gasteiger charge is -2.21. The molecule has 0 radical (unpaired) electrons. The van der Waals surface area contributed by atoms with Gasteiger partial charge in [-0.3, -0.25) is 4.79 Å². The number of amides is 1. The zero-order valence-corrected chi connectivity index (χ0v) is 14.6. The number of hydrogen-bond acceptors (Lipinski definition) is 5. The summed E-state index contributed by atoms with van der Waals surface area (Å²) >= 11 is 0. The fourth-order valence-electron chi connectivity index (χ4n) is 2.02. The van der Waals surface area contributed by atoms with E-state index in [-0.39, 0.29) is 11.5 Å². The molecule has 0 aromatic heterocycles. The van der Waals surface area contributed by atoms with E-state index >= 15 is 0 Å². The van der Waals surface area contributed by atoms with Gasteiger partial charge < -0.3 is 14.8 Å². The minimum atomic E-state index is -4.51. The Morgan fingerprint density at radius 2 is 1.73 bits per heavy atom. The second-order valence-corrected chi connectivity index (χ2v) is 5.61. The van der Waals surface area contributed by atoms with E-state index in [1.165, 1.54) is 7.11 Å². The van der Waals surface area contributed by atoms with Gasteiger partial charge in [0.15, 0.2) is 6.61 Å². The van der Waals surface area contributed by atoms with Gasteiger partial charge in [-0.1, -0.05) is 20.3 Å². The van der Waals surface area contributed by atoms with Crippen molar-refractivity contribution < 1.29 is 37.0 Å². The Bertz CT molecular complexity index is 643. The van der Waals surface area contributed by atoms with Gasteiger partial charge >= 0.3 is 18.1 Å². The number of carbonyl (C=O) groups excluding carboxylic acids is 3. The quantitative estimate of drug-likeness (QED) is 0.741.